The minimum atomic E-state index is -0.393. The second-order valence-electron chi connectivity index (χ2n) is 4.42. The third kappa shape index (κ3) is 1.65. The molecule has 1 aliphatic heterocycles. The summed E-state index contributed by atoms with van der Waals surface area (Å²) in [5, 5.41) is 12.9. The number of ether oxygens (including phenoxy) is 1. The first-order chi connectivity index (χ1) is 6.91. The summed E-state index contributed by atoms with van der Waals surface area (Å²) in [4.78, 5) is 4.33. The van der Waals surface area contributed by atoms with Gasteiger partial charge in [-0.2, -0.15) is 0 Å². The van der Waals surface area contributed by atoms with E-state index in [1.807, 2.05) is 20.8 Å². The van der Waals surface area contributed by atoms with Gasteiger partial charge < -0.3 is 15.2 Å². The third-order valence-electron chi connectivity index (χ3n) is 2.71. The summed E-state index contributed by atoms with van der Waals surface area (Å²) in [5.41, 5.74) is 2.05. The van der Waals surface area contributed by atoms with Crippen molar-refractivity contribution in [2.45, 2.75) is 40.0 Å². The first-order valence-electron chi connectivity index (χ1n) is 5.02. The fourth-order valence-electron chi connectivity index (χ4n) is 1.73. The van der Waals surface area contributed by atoms with Crippen molar-refractivity contribution >= 4 is 5.82 Å². The molecule has 2 N–H and O–H groups in total. The van der Waals surface area contributed by atoms with E-state index in [9.17, 15) is 5.11 Å². The highest BCUT2D eigenvalue weighted by atomic mass is 16.5. The van der Waals surface area contributed by atoms with Gasteiger partial charge in [0.2, 0.25) is 0 Å². The molecule has 2 heterocycles. The molecular weight excluding hydrogens is 192 g/mol. The van der Waals surface area contributed by atoms with Crippen LogP contribution < -0.4 is 5.32 Å². The van der Waals surface area contributed by atoms with Crippen molar-refractivity contribution in [1.82, 2.24) is 4.98 Å². The first kappa shape index (κ1) is 10.2. The Morgan fingerprint density at radius 3 is 2.73 bits per heavy atom. The average Bonchev–Trinajstić information content (AvgIpc) is 2.12. The van der Waals surface area contributed by atoms with Crippen LogP contribution in [0.3, 0.4) is 0 Å². The van der Waals surface area contributed by atoms with Gasteiger partial charge >= 0.3 is 0 Å². The zero-order valence-electron chi connectivity index (χ0n) is 9.51. The summed E-state index contributed by atoms with van der Waals surface area (Å²) in [6.07, 6.45) is 0. The molecular formula is C11H16N2O2. The summed E-state index contributed by atoms with van der Waals surface area (Å²) in [6.45, 7) is 8.07. The van der Waals surface area contributed by atoms with E-state index in [-0.39, 0.29) is 5.75 Å². The summed E-state index contributed by atoms with van der Waals surface area (Å²) in [6, 6.07) is 0. The monoisotopic (exact) mass is 208 g/mol. The molecule has 1 aromatic rings. The number of hydrogen-bond donors (Lipinski definition) is 2. The predicted molar refractivity (Wildman–Crippen MR) is 57.9 cm³/mol. The molecule has 4 heteroatoms. The van der Waals surface area contributed by atoms with Crippen LogP contribution in [0, 0.1) is 13.8 Å². The van der Waals surface area contributed by atoms with Gasteiger partial charge in [0, 0.05) is 11.1 Å². The van der Waals surface area contributed by atoms with Crippen molar-refractivity contribution in [3.05, 3.63) is 16.8 Å². The number of rotatable bonds is 0. The Balaban J connectivity index is 2.54. The Morgan fingerprint density at radius 1 is 1.40 bits per heavy atom. The van der Waals surface area contributed by atoms with Gasteiger partial charge in [0.1, 0.15) is 17.3 Å². The maximum atomic E-state index is 9.75. The Bertz CT molecular complexity index is 414. The van der Waals surface area contributed by atoms with E-state index in [1.165, 1.54) is 0 Å². The number of nitrogens with zero attached hydrogens (tertiary/aromatic N) is 1. The molecule has 2 rings (SSSR count). The molecule has 0 unspecified atom stereocenters. The fraction of sp³-hybridized carbons (Fsp3) is 0.545. The van der Waals surface area contributed by atoms with Crippen LogP contribution in [0.25, 0.3) is 0 Å². The van der Waals surface area contributed by atoms with E-state index < -0.39 is 5.72 Å². The van der Waals surface area contributed by atoms with Gasteiger partial charge in [0.25, 0.3) is 0 Å². The smallest absolute Gasteiger partial charge is 0.140 e. The van der Waals surface area contributed by atoms with Crippen molar-refractivity contribution in [3.63, 3.8) is 0 Å². The normalized spacial score (nSPS) is 18.1. The zero-order chi connectivity index (χ0) is 11.2. The molecule has 4 nitrogen and oxygen atoms in total. The van der Waals surface area contributed by atoms with Crippen LogP contribution in [0.5, 0.6) is 5.75 Å². The number of hydrogen-bond acceptors (Lipinski definition) is 4. The van der Waals surface area contributed by atoms with Crippen molar-refractivity contribution < 1.29 is 9.84 Å². The highest BCUT2D eigenvalue weighted by Crippen LogP contribution is 2.34. The highest BCUT2D eigenvalue weighted by molar-refractivity contribution is 5.56. The molecule has 1 aliphatic rings. The number of aryl methyl sites for hydroxylation is 1. The predicted octanol–water partition coefficient (Wildman–Crippen LogP) is 2.08. The molecule has 0 spiro atoms. The van der Waals surface area contributed by atoms with Crippen LogP contribution in [-0.4, -0.2) is 15.8 Å². The lowest BCUT2D eigenvalue weighted by Gasteiger charge is -2.34. The van der Waals surface area contributed by atoms with Gasteiger partial charge in [-0.15, -0.1) is 0 Å². The SMILES string of the molecule is Cc1nc2c(c(C)c1O)COC(C)(C)N2. The van der Waals surface area contributed by atoms with Crippen LogP contribution in [0.15, 0.2) is 0 Å². The van der Waals surface area contributed by atoms with E-state index in [2.05, 4.69) is 10.3 Å². The number of aromatic hydroxyl groups is 1. The van der Waals surface area contributed by atoms with E-state index in [0.29, 0.717) is 12.3 Å². The Kier molecular flexibility index (Phi) is 2.12. The van der Waals surface area contributed by atoms with Gasteiger partial charge in [-0.05, 0) is 27.7 Å². The van der Waals surface area contributed by atoms with E-state index in [4.69, 9.17) is 4.74 Å². The number of pyridine rings is 1. The lowest BCUT2D eigenvalue weighted by molar-refractivity contribution is -0.0164. The van der Waals surface area contributed by atoms with Crippen LogP contribution >= 0.6 is 0 Å². The molecule has 15 heavy (non-hydrogen) atoms. The van der Waals surface area contributed by atoms with Gasteiger partial charge in [0.05, 0.1) is 12.3 Å². The van der Waals surface area contributed by atoms with Gasteiger partial charge in [-0.1, -0.05) is 0 Å². The molecule has 0 bridgehead atoms. The Hall–Kier alpha value is -1.29. The third-order valence-corrected chi connectivity index (χ3v) is 2.71. The molecule has 0 aliphatic carbocycles. The molecule has 0 radical (unpaired) electrons. The van der Waals surface area contributed by atoms with Crippen molar-refractivity contribution in [2.75, 3.05) is 5.32 Å². The molecule has 0 saturated heterocycles. The van der Waals surface area contributed by atoms with Crippen LogP contribution in [-0.2, 0) is 11.3 Å². The topological polar surface area (TPSA) is 54.4 Å². The Labute approximate surface area is 89.3 Å². The van der Waals surface area contributed by atoms with E-state index in [0.717, 1.165) is 16.9 Å². The van der Waals surface area contributed by atoms with Gasteiger partial charge in [-0.25, -0.2) is 4.98 Å². The quantitative estimate of drug-likeness (QED) is 0.685. The lowest BCUT2D eigenvalue weighted by atomic mass is 10.1. The van der Waals surface area contributed by atoms with E-state index in [1.54, 1.807) is 6.92 Å². The summed E-state index contributed by atoms with van der Waals surface area (Å²) >= 11 is 0. The first-order valence-corrected chi connectivity index (χ1v) is 5.02. The van der Waals surface area contributed by atoms with Crippen molar-refractivity contribution in [3.8, 4) is 5.75 Å². The van der Waals surface area contributed by atoms with Crippen LogP contribution in [0.2, 0.25) is 0 Å². The minimum Gasteiger partial charge on any atom is -0.506 e. The molecule has 1 aromatic heterocycles. The van der Waals surface area contributed by atoms with Crippen molar-refractivity contribution in [2.24, 2.45) is 0 Å². The molecule has 0 saturated carbocycles. The minimum absolute atomic E-state index is 0.263. The molecule has 0 aromatic carbocycles. The zero-order valence-corrected chi connectivity index (χ0v) is 9.51. The van der Waals surface area contributed by atoms with Crippen LogP contribution in [0.1, 0.15) is 30.7 Å². The summed E-state index contributed by atoms with van der Waals surface area (Å²) in [7, 11) is 0. The summed E-state index contributed by atoms with van der Waals surface area (Å²) < 4.78 is 5.61. The molecule has 0 atom stereocenters. The lowest BCUT2D eigenvalue weighted by Crippen LogP contribution is -2.38. The van der Waals surface area contributed by atoms with Gasteiger partial charge in [-0.3, -0.25) is 0 Å². The highest BCUT2D eigenvalue weighted by Gasteiger charge is 2.28. The number of nitrogens with one attached hydrogen (secondary N) is 1. The van der Waals surface area contributed by atoms with Crippen LogP contribution in [0.4, 0.5) is 5.82 Å². The summed E-state index contributed by atoms with van der Waals surface area (Å²) in [5.74, 6) is 1.08. The molecule has 0 amide bonds. The largest absolute Gasteiger partial charge is 0.506 e. The second-order valence-corrected chi connectivity index (χ2v) is 4.42. The van der Waals surface area contributed by atoms with E-state index >= 15 is 0 Å². The number of fused-ring (bicyclic) bond motifs is 1. The maximum Gasteiger partial charge on any atom is 0.140 e. The molecule has 82 valence electrons. The van der Waals surface area contributed by atoms with Crippen molar-refractivity contribution in [1.29, 1.82) is 0 Å². The Morgan fingerprint density at radius 2 is 2.07 bits per heavy atom. The standard InChI is InChI=1S/C11H16N2O2/c1-6-8-5-15-11(3,4)13-10(8)12-7(2)9(6)14/h14H,5H2,1-4H3,(H,12,13). The number of aromatic nitrogens is 1. The second kappa shape index (κ2) is 3.10. The van der Waals surface area contributed by atoms with Gasteiger partial charge in [0.15, 0.2) is 0 Å². The maximum absolute atomic E-state index is 9.75. The molecule has 0 fully saturated rings. The average molecular weight is 208 g/mol. The number of anilines is 1. The fourth-order valence-corrected chi connectivity index (χ4v) is 1.73.